The van der Waals surface area contributed by atoms with Crippen molar-refractivity contribution in [2.75, 3.05) is 0 Å². The minimum atomic E-state index is -3.21. The Kier molecular flexibility index (Phi) is 3.18. The zero-order valence-corrected chi connectivity index (χ0v) is 7.28. The van der Waals surface area contributed by atoms with Crippen molar-refractivity contribution < 1.29 is 13.2 Å². The Balaban J connectivity index is 3.54. The van der Waals surface area contributed by atoms with Crippen molar-refractivity contribution in [3.05, 3.63) is 0 Å². The molecule has 0 saturated carbocycles. The average molecular weight is 336 g/mol. The van der Waals surface area contributed by atoms with Gasteiger partial charge in [-0.25, -0.2) is 4.39 Å². The lowest BCUT2D eigenvalue weighted by molar-refractivity contribution is 0.0840. The first-order valence-corrected chi connectivity index (χ1v) is 3.62. The number of hydrogen-bond acceptors (Lipinski definition) is 0. The van der Waals surface area contributed by atoms with Crippen molar-refractivity contribution in [2.24, 2.45) is 0 Å². The fraction of sp³-hybridized carbons (Fsp3) is 1.00. The fourth-order valence-corrected chi connectivity index (χ4v) is 0. The molecule has 0 heterocycles. The van der Waals surface area contributed by atoms with E-state index in [0.29, 0.717) is 0 Å². The van der Waals surface area contributed by atoms with Crippen LogP contribution in [0.5, 0.6) is 0 Å². The van der Waals surface area contributed by atoms with Gasteiger partial charge < -0.3 is 0 Å². The van der Waals surface area contributed by atoms with Gasteiger partial charge in [0.05, 0.1) is 0 Å². The Morgan fingerprint density at radius 2 is 1.57 bits per heavy atom. The van der Waals surface area contributed by atoms with Gasteiger partial charge in [-0.15, -0.1) is 0 Å². The quantitative estimate of drug-likeness (QED) is 0.510. The monoisotopic (exact) mass is 336 g/mol. The van der Waals surface area contributed by atoms with Crippen LogP contribution < -0.4 is 0 Å². The summed E-state index contributed by atoms with van der Waals surface area (Å²) in [6.45, 7) is 0. The Morgan fingerprint density at radius 1 is 1.43 bits per heavy atom. The van der Waals surface area contributed by atoms with Crippen molar-refractivity contribution >= 4 is 45.2 Å². The van der Waals surface area contributed by atoms with Crippen LogP contribution in [0.25, 0.3) is 0 Å². The highest BCUT2D eigenvalue weighted by molar-refractivity contribution is 14.1. The predicted octanol–water partition coefficient (Wildman–Crippen LogP) is 2.74. The minimum Gasteiger partial charge on any atom is -0.228 e. The Morgan fingerprint density at radius 3 is 1.57 bits per heavy atom. The standard InChI is InChI=1S/C2HF3I2/c3-1(6)2(4,5)7/h1H. The molecule has 5 heteroatoms. The van der Waals surface area contributed by atoms with E-state index in [9.17, 15) is 13.2 Å². The topological polar surface area (TPSA) is 0 Å². The van der Waals surface area contributed by atoms with Crippen LogP contribution in [0.1, 0.15) is 0 Å². The molecule has 44 valence electrons. The van der Waals surface area contributed by atoms with Crippen molar-refractivity contribution in [2.45, 2.75) is 8.11 Å². The van der Waals surface area contributed by atoms with E-state index in [4.69, 9.17) is 0 Å². The summed E-state index contributed by atoms with van der Waals surface area (Å²) >= 11 is 1.78. The molecule has 0 N–H and O–H groups in total. The predicted molar refractivity (Wildman–Crippen MR) is 37.9 cm³/mol. The molecule has 0 spiro atoms. The maximum absolute atomic E-state index is 11.4. The Labute approximate surface area is 66.1 Å². The maximum atomic E-state index is 11.4. The van der Waals surface area contributed by atoms with E-state index < -0.39 is 8.11 Å². The molecule has 1 atom stereocenters. The van der Waals surface area contributed by atoms with Crippen LogP contribution in [-0.4, -0.2) is 8.11 Å². The van der Waals surface area contributed by atoms with Crippen LogP contribution >= 0.6 is 45.2 Å². The molecule has 0 amide bonds. The van der Waals surface area contributed by atoms with Crippen molar-refractivity contribution in [1.82, 2.24) is 0 Å². The van der Waals surface area contributed by atoms with Gasteiger partial charge in [0.2, 0.25) is 4.18 Å². The van der Waals surface area contributed by atoms with Gasteiger partial charge in [-0.2, -0.15) is 8.78 Å². The van der Waals surface area contributed by atoms with E-state index in [1.807, 2.05) is 0 Å². The molecule has 0 aromatic heterocycles. The van der Waals surface area contributed by atoms with Crippen LogP contribution in [-0.2, 0) is 0 Å². The number of alkyl halides is 5. The Hall–Kier alpha value is 1.25. The second kappa shape index (κ2) is 2.70. The molecule has 0 fully saturated rings. The number of rotatable bonds is 1. The molecule has 0 rings (SSSR count). The largest absolute Gasteiger partial charge is 0.335 e. The van der Waals surface area contributed by atoms with Crippen LogP contribution in [0.2, 0.25) is 0 Å². The number of hydrogen-bond donors (Lipinski definition) is 0. The van der Waals surface area contributed by atoms with Crippen molar-refractivity contribution in [3.63, 3.8) is 0 Å². The summed E-state index contributed by atoms with van der Waals surface area (Å²) in [5, 5.41) is 0. The first-order valence-electron chi connectivity index (χ1n) is 1.29. The zero-order chi connectivity index (χ0) is 6.08. The second-order valence-electron chi connectivity index (χ2n) is 0.842. The van der Waals surface area contributed by atoms with Gasteiger partial charge in [0.25, 0.3) is 0 Å². The van der Waals surface area contributed by atoms with E-state index in [1.165, 1.54) is 0 Å². The van der Waals surface area contributed by atoms with Crippen LogP contribution in [0.4, 0.5) is 13.2 Å². The lowest BCUT2D eigenvalue weighted by Gasteiger charge is -2.05. The lowest BCUT2D eigenvalue weighted by atomic mass is 10.8. The van der Waals surface area contributed by atoms with Gasteiger partial charge in [-0.05, 0) is 22.6 Å². The summed E-state index contributed by atoms with van der Waals surface area (Å²) in [5.41, 5.74) is 0. The third kappa shape index (κ3) is 3.80. The molecule has 0 bridgehead atoms. The molecule has 0 aliphatic heterocycles. The zero-order valence-electron chi connectivity index (χ0n) is 2.97. The smallest absolute Gasteiger partial charge is 0.228 e. The first-order chi connectivity index (χ1) is 2.94. The molecule has 7 heavy (non-hydrogen) atoms. The van der Waals surface area contributed by atoms with Gasteiger partial charge in [0.15, 0.2) is 0 Å². The molecular weight excluding hydrogens is 335 g/mol. The molecular formula is C2HF3I2. The molecule has 0 aliphatic rings. The highest BCUT2D eigenvalue weighted by atomic mass is 127. The van der Waals surface area contributed by atoms with Gasteiger partial charge >= 0.3 is 3.93 Å². The summed E-state index contributed by atoms with van der Waals surface area (Å²) in [4.78, 5) is 0. The fourth-order valence-electron chi connectivity index (χ4n) is 0. The normalized spacial score (nSPS) is 16.7. The van der Waals surface area contributed by atoms with E-state index in [2.05, 4.69) is 0 Å². The molecule has 0 saturated heterocycles. The maximum Gasteiger partial charge on any atom is 0.335 e. The molecule has 0 nitrogen and oxygen atoms in total. The van der Waals surface area contributed by atoms with E-state index in [-0.39, 0.29) is 0 Å². The van der Waals surface area contributed by atoms with E-state index in [0.717, 1.165) is 45.2 Å². The summed E-state index contributed by atoms with van der Waals surface area (Å²) in [5.74, 6) is 0. The minimum absolute atomic E-state index is 0.751. The third-order valence-electron chi connectivity index (χ3n) is 0.247. The summed E-state index contributed by atoms with van der Waals surface area (Å²) in [6, 6.07) is 0. The van der Waals surface area contributed by atoms with Gasteiger partial charge in [-0.1, -0.05) is 0 Å². The number of halogens is 5. The summed E-state index contributed by atoms with van der Waals surface area (Å²) in [7, 11) is 0. The van der Waals surface area contributed by atoms with Crippen LogP contribution in [0, 0.1) is 0 Å². The highest BCUT2D eigenvalue weighted by Crippen LogP contribution is 2.32. The van der Waals surface area contributed by atoms with E-state index in [1.54, 1.807) is 0 Å². The van der Waals surface area contributed by atoms with Gasteiger partial charge in [-0.3, -0.25) is 0 Å². The molecule has 0 aromatic carbocycles. The van der Waals surface area contributed by atoms with E-state index >= 15 is 0 Å². The van der Waals surface area contributed by atoms with Gasteiger partial charge in [0.1, 0.15) is 0 Å². The van der Waals surface area contributed by atoms with Gasteiger partial charge in [0, 0.05) is 22.6 Å². The third-order valence-corrected chi connectivity index (χ3v) is 2.77. The summed E-state index contributed by atoms with van der Waals surface area (Å²) in [6.07, 6.45) is 0. The molecule has 0 radical (unpaired) electrons. The average Bonchev–Trinajstić information content (AvgIpc) is 1.31. The van der Waals surface area contributed by atoms with Crippen molar-refractivity contribution in [3.8, 4) is 0 Å². The molecule has 0 aliphatic carbocycles. The van der Waals surface area contributed by atoms with Crippen LogP contribution in [0.15, 0.2) is 0 Å². The Bertz CT molecular complexity index is 56.4. The highest BCUT2D eigenvalue weighted by Gasteiger charge is 2.33. The summed E-state index contributed by atoms with van der Waals surface area (Å²) < 4.78 is 29.0. The first kappa shape index (κ1) is 8.25. The van der Waals surface area contributed by atoms with Crippen LogP contribution in [0.3, 0.4) is 0 Å². The lowest BCUT2D eigenvalue weighted by Crippen LogP contribution is -2.14. The second-order valence-corrected chi connectivity index (χ2v) is 3.37. The SMILES string of the molecule is FC(I)C(F)(F)I. The van der Waals surface area contributed by atoms with Crippen molar-refractivity contribution in [1.29, 1.82) is 0 Å². The molecule has 0 aromatic rings. The molecule has 1 unspecified atom stereocenters.